The predicted molar refractivity (Wildman–Crippen MR) is 110 cm³/mol. The van der Waals surface area contributed by atoms with Crippen molar-refractivity contribution in [3.05, 3.63) is 52.8 Å². The van der Waals surface area contributed by atoms with Crippen LogP contribution in [0, 0.1) is 23.2 Å². The van der Waals surface area contributed by atoms with Gasteiger partial charge in [0.25, 0.3) is 0 Å². The van der Waals surface area contributed by atoms with Crippen LogP contribution in [-0.2, 0) is 4.79 Å². The fraction of sp³-hybridized carbons (Fsp3) is 0.435. The van der Waals surface area contributed by atoms with Gasteiger partial charge in [-0.05, 0) is 54.4 Å². The SMILES string of the molecule is N#Cc1cncc(-c2ccc(C(C3CCCCC3)C3CCNC3=O)c(Cl)c2)c1. The van der Waals surface area contributed by atoms with E-state index in [1.54, 1.807) is 12.4 Å². The van der Waals surface area contributed by atoms with Crippen molar-refractivity contribution in [1.82, 2.24) is 10.3 Å². The Morgan fingerprint density at radius 2 is 1.93 bits per heavy atom. The average molecular weight is 394 g/mol. The van der Waals surface area contributed by atoms with Crippen LogP contribution in [0.25, 0.3) is 11.1 Å². The highest BCUT2D eigenvalue weighted by Gasteiger charge is 2.39. The molecule has 1 amide bonds. The van der Waals surface area contributed by atoms with E-state index < -0.39 is 0 Å². The van der Waals surface area contributed by atoms with Crippen LogP contribution in [0.3, 0.4) is 0 Å². The molecular weight excluding hydrogens is 370 g/mol. The van der Waals surface area contributed by atoms with E-state index in [2.05, 4.69) is 22.4 Å². The molecule has 1 saturated heterocycles. The topological polar surface area (TPSA) is 65.8 Å². The van der Waals surface area contributed by atoms with E-state index in [-0.39, 0.29) is 17.7 Å². The summed E-state index contributed by atoms with van der Waals surface area (Å²) in [5.41, 5.74) is 3.43. The standard InChI is InChI=1S/C23H24ClN3O/c24-21-11-17(18-10-15(12-25)13-26-14-18)6-7-19(21)22(16-4-2-1-3-5-16)20-8-9-27-23(20)28/h6-7,10-11,13-14,16,20,22H,1-5,8-9H2,(H,27,28). The fourth-order valence-electron chi connectivity index (χ4n) is 4.88. The van der Waals surface area contributed by atoms with Gasteiger partial charge in [-0.15, -0.1) is 0 Å². The van der Waals surface area contributed by atoms with E-state index in [0.29, 0.717) is 16.5 Å². The van der Waals surface area contributed by atoms with Crippen LogP contribution in [-0.4, -0.2) is 17.4 Å². The Hall–Kier alpha value is -2.38. The lowest BCUT2D eigenvalue weighted by Gasteiger charge is -2.34. The van der Waals surface area contributed by atoms with Crippen molar-refractivity contribution >= 4 is 17.5 Å². The number of nitriles is 1. The third-order valence-electron chi connectivity index (χ3n) is 6.24. The average Bonchev–Trinajstić information content (AvgIpc) is 3.16. The van der Waals surface area contributed by atoms with Gasteiger partial charge in [-0.1, -0.05) is 43.0 Å². The Bertz CT molecular complexity index is 914. The maximum atomic E-state index is 12.5. The Kier molecular flexibility index (Phi) is 5.64. The van der Waals surface area contributed by atoms with E-state index >= 15 is 0 Å². The van der Waals surface area contributed by atoms with Gasteiger partial charge in [0.1, 0.15) is 6.07 Å². The summed E-state index contributed by atoms with van der Waals surface area (Å²) in [7, 11) is 0. The number of nitrogens with one attached hydrogen (secondary N) is 1. The molecule has 1 aromatic heterocycles. The minimum absolute atomic E-state index is 0.00929. The summed E-state index contributed by atoms with van der Waals surface area (Å²) in [6, 6.07) is 10.0. The maximum Gasteiger partial charge on any atom is 0.223 e. The summed E-state index contributed by atoms with van der Waals surface area (Å²) in [6.45, 7) is 0.759. The second-order valence-corrected chi connectivity index (χ2v) is 8.33. The molecule has 2 fully saturated rings. The number of hydrogen-bond donors (Lipinski definition) is 1. The van der Waals surface area contributed by atoms with Gasteiger partial charge in [-0.2, -0.15) is 5.26 Å². The molecular formula is C23H24ClN3O. The Morgan fingerprint density at radius 3 is 2.61 bits per heavy atom. The van der Waals surface area contributed by atoms with E-state index in [0.717, 1.165) is 29.7 Å². The van der Waals surface area contributed by atoms with Crippen LogP contribution in [0.2, 0.25) is 5.02 Å². The third-order valence-corrected chi connectivity index (χ3v) is 6.57. The molecule has 0 radical (unpaired) electrons. The number of carbonyl (C=O) groups is 1. The lowest BCUT2D eigenvalue weighted by molar-refractivity contribution is -0.123. The molecule has 1 N–H and O–H groups in total. The number of hydrogen-bond acceptors (Lipinski definition) is 3. The maximum absolute atomic E-state index is 12.5. The summed E-state index contributed by atoms with van der Waals surface area (Å²) < 4.78 is 0. The van der Waals surface area contributed by atoms with Gasteiger partial charge in [-0.3, -0.25) is 9.78 Å². The first-order valence-corrected chi connectivity index (χ1v) is 10.5. The fourth-order valence-corrected chi connectivity index (χ4v) is 5.19. The quantitative estimate of drug-likeness (QED) is 0.788. The van der Waals surface area contributed by atoms with Gasteiger partial charge in [-0.25, -0.2) is 0 Å². The third kappa shape index (κ3) is 3.77. The van der Waals surface area contributed by atoms with Gasteiger partial charge in [0.15, 0.2) is 0 Å². The van der Waals surface area contributed by atoms with Crippen molar-refractivity contribution < 1.29 is 4.79 Å². The molecule has 2 aliphatic rings. The molecule has 28 heavy (non-hydrogen) atoms. The molecule has 1 aromatic carbocycles. The van der Waals surface area contributed by atoms with Crippen LogP contribution >= 0.6 is 11.6 Å². The molecule has 2 unspecified atom stereocenters. The van der Waals surface area contributed by atoms with Crippen LogP contribution in [0.15, 0.2) is 36.7 Å². The Morgan fingerprint density at radius 1 is 1.11 bits per heavy atom. The van der Waals surface area contributed by atoms with Crippen molar-refractivity contribution in [3.63, 3.8) is 0 Å². The largest absolute Gasteiger partial charge is 0.356 e. The summed E-state index contributed by atoms with van der Waals surface area (Å²) >= 11 is 6.78. The molecule has 5 heteroatoms. The number of halogens is 1. The molecule has 2 aromatic rings. The molecule has 1 aliphatic heterocycles. The Balaban J connectivity index is 1.70. The van der Waals surface area contributed by atoms with Crippen LogP contribution in [0.4, 0.5) is 0 Å². The minimum atomic E-state index is 0.00929. The van der Waals surface area contributed by atoms with Crippen LogP contribution < -0.4 is 5.32 Å². The van der Waals surface area contributed by atoms with Gasteiger partial charge in [0, 0.05) is 35.4 Å². The van der Waals surface area contributed by atoms with Gasteiger partial charge in [0.2, 0.25) is 5.91 Å². The zero-order valence-electron chi connectivity index (χ0n) is 15.8. The lowest BCUT2D eigenvalue weighted by atomic mass is 9.70. The lowest BCUT2D eigenvalue weighted by Crippen LogP contribution is -2.29. The number of aromatic nitrogens is 1. The van der Waals surface area contributed by atoms with Crippen molar-refractivity contribution in [3.8, 4) is 17.2 Å². The molecule has 2 heterocycles. The Labute approximate surface area is 170 Å². The first kappa shape index (κ1) is 19.0. The molecule has 1 saturated carbocycles. The summed E-state index contributed by atoms with van der Waals surface area (Å²) in [4.78, 5) is 16.7. The normalized spacial score (nSPS) is 21.1. The molecule has 144 valence electrons. The van der Waals surface area contributed by atoms with Crippen LogP contribution in [0.1, 0.15) is 55.6 Å². The van der Waals surface area contributed by atoms with Crippen molar-refractivity contribution in [2.24, 2.45) is 11.8 Å². The molecule has 1 aliphatic carbocycles. The van der Waals surface area contributed by atoms with Crippen molar-refractivity contribution in [2.75, 3.05) is 6.54 Å². The number of nitrogens with zero attached hydrogens (tertiary/aromatic N) is 2. The second-order valence-electron chi connectivity index (χ2n) is 7.92. The van der Waals surface area contributed by atoms with E-state index in [4.69, 9.17) is 16.9 Å². The van der Waals surface area contributed by atoms with Crippen molar-refractivity contribution in [1.29, 1.82) is 5.26 Å². The van der Waals surface area contributed by atoms with E-state index in [1.165, 1.54) is 32.1 Å². The molecule has 0 bridgehead atoms. The molecule has 2 atom stereocenters. The molecule has 0 spiro atoms. The number of benzene rings is 1. The summed E-state index contributed by atoms with van der Waals surface area (Å²) in [6.07, 6.45) is 10.3. The first-order chi connectivity index (χ1) is 13.7. The highest BCUT2D eigenvalue weighted by atomic mass is 35.5. The number of rotatable bonds is 4. The summed E-state index contributed by atoms with van der Waals surface area (Å²) in [5, 5.41) is 12.8. The summed E-state index contributed by atoms with van der Waals surface area (Å²) in [5.74, 6) is 0.860. The first-order valence-electron chi connectivity index (χ1n) is 10.1. The van der Waals surface area contributed by atoms with E-state index in [1.807, 2.05) is 18.2 Å². The monoisotopic (exact) mass is 393 g/mol. The highest BCUT2D eigenvalue weighted by Crippen LogP contribution is 2.45. The predicted octanol–water partition coefficient (Wildman–Crippen LogP) is 5.07. The number of amides is 1. The number of carbonyl (C=O) groups excluding carboxylic acids is 1. The zero-order chi connectivity index (χ0) is 19.5. The van der Waals surface area contributed by atoms with E-state index in [9.17, 15) is 4.79 Å². The van der Waals surface area contributed by atoms with Gasteiger partial charge in [0.05, 0.1) is 5.56 Å². The second kappa shape index (κ2) is 8.32. The minimum Gasteiger partial charge on any atom is -0.356 e. The molecule has 4 nitrogen and oxygen atoms in total. The smallest absolute Gasteiger partial charge is 0.223 e. The highest BCUT2D eigenvalue weighted by molar-refractivity contribution is 6.31. The van der Waals surface area contributed by atoms with Crippen molar-refractivity contribution in [2.45, 2.75) is 44.4 Å². The number of pyridine rings is 1. The van der Waals surface area contributed by atoms with Gasteiger partial charge < -0.3 is 5.32 Å². The molecule has 4 rings (SSSR count). The van der Waals surface area contributed by atoms with Crippen LogP contribution in [0.5, 0.6) is 0 Å². The van der Waals surface area contributed by atoms with Gasteiger partial charge >= 0.3 is 0 Å². The zero-order valence-corrected chi connectivity index (χ0v) is 16.6.